The largest absolute Gasteiger partial charge is 0.392 e. The molecule has 1 aliphatic rings. The van der Waals surface area contributed by atoms with E-state index in [9.17, 15) is 0 Å². The summed E-state index contributed by atoms with van der Waals surface area (Å²) in [6.07, 6.45) is 5.32. The molecule has 0 spiro atoms. The van der Waals surface area contributed by atoms with Gasteiger partial charge in [-0.1, -0.05) is 30.7 Å². The number of aliphatic hydroxyl groups is 1. The summed E-state index contributed by atoms with van der Waals surface area (Å²) >= 11 is 0. The lowest BCUT2D eigenvalue weighted by atomic mass is 10.0. The van der Waals surface area contributed by atoms with Crippen LogP contribution in [0.2, 0.25) is 0 Å². The molecule has 1 heterocycles. The summed E-state index contributed by atoms with van der Waals surface area (Å²) in [5.74, 6) is 0. The van der Waals surface area contributed by atoms with Crippen LogP contribution in [0.15, 0.2) is 24.3 Å². The van der Waals surface area contributed by atoms with E-state index in [4.69, 9.17) is 5.11 Å². The van der Waals surface area contributed by atoms with Gasteiger partial charge in [0.1, 0.15) is 0 Å². The summed E-state index contributed by atoms with van der Waals surface area (Å²) in [5.41, 5.74) is 2.25. The Balaban J connectivity index is 1.68. The smallest absolute Gasteiger partial charge is 0.0681 e. The number of hydrogen-bond acceptors (Lipinski definition) is 3. The van der Waals surface area contributed by atoms with Crippen molar-refractivity contribution in [3.63, 3.8) is 0 Å². The van der Waals surface area contributed by atoms with Crippen LogP contribution in [0, 0.1) is 0 Å². The highest BCUT2D eigenvalue weighted by molar-refractivity contribution is 5.22. The van der Waals surface area contributed by atoms with Crippen LogP contribution in [0.5, 0.6) is 0 Å². The van der Waals surface area contributed by atoms with Crippen molar-refractivity contribution in [3.05, 3.63) is 35.4 Å². The van der Waals surface area contributed by atoms with Gasteiger partial charge in [0.25, 0.3) is 0 Å². The first-order chi connectivity index (χ1) is 9.29. The highest BCUT2D eigenvalue weighted by Gasteiger charge is 2.17. The van der Waals surface area contributed by atoms with Gasteiger partial charge in [-0.25, -0.2) is 0 Å². The van der Waals surface area contributed by atoms with Crippen molar-refractivity contribution in [2.24, 2.45) is 0 Å². The van der Waals surface area contributed by atoms with Crippen molar-refractivity contribution in [2.75, 3.05) is 20.1 Å². The first-order valence-corrected chi connectivity index (χ1v) is 7.39. The summed E-state index contributed by atoms with van der Waals surface area (Å²) < 4.78 is 0. The van der Waals surface area contributed by atoms with Gasteiger partial charge in [0.2, 0.25) is 0 Å². The Morgan fingerprint density at radius 2 is 2.16 bits per heavy atom. The Labute approximate surface area is 116 Å². The number of benzene rings is 1. The maximum absolute atomic E-state index is 9.11. The van der Waals surface area contributed by atoms with Gasteiger partial charge >= 0.3 is 0 Å². The van der Waals surface area contributed by atoms with Gasteiger partial charge in [0, 0.05) is 12.6 Å². The fourth-order valence-electron chi connectivity index (χ4n) is 2.85. The van der Waals surface area contributed by atoms with Crippen molar-refractivity contribution >= 4 is 0 Å². The number of hydrogen-bond donors (Lipinski definition) is 2. The Morgan fingerprint density at radius 1 is 1.32 bits per heavy atom. The van der Waals surface area contributed by atoms with Crippen LogP contribution >= 0.6 is 0 Å². The molecule has 0 aliphatic carbocycles. The molecule has 1 aliphatic heterocycles. The summed E-state index contributed by atoms with van der Waals surface area (Å²) in [6.45, 7) is 3.34. The molecule has 1 aromatic carbocycles. The average Bonchev–Trinajstić information content (AvgIpc) is 2.45. The molecule has 3 heteroatoms. The summed E-state index contributed by atoms with van der Waals surface area (Å²) in [4.78, 5) is 2.50. The zero-order chi connectivity index (χ0) is 13.5. The van der Waals surface area contributed by atoms with E-state index in [1.54, 1.807) is 0 Å². The SMILES string of the molecule is CN1CCCCC1CCNCc1cccc(CO)c1. The molecule has 2 N–H and O–H groups in total. The number of rotatable bonds is 6. The van der Waals surface area contributed by atoms with E-state index < -0.39 is 0 Å². The molecular weight excluding hydrogens is 236 g/mol. The first-order valence-electron chi connectivity index (χ1n) is 7.39. The van der Waals surface area contributed by atoms with Crippen LogP contribution in [0.25, 0.3) is 0 Å². The Hall–Kier alpha value is -0.900. The molecule has 1 saturated heterocycles. The van der Waals surface area contributed by atoms with E-state index in [-0.39, 0.29) is 6.61 Å². The van der Waals surface area contributed by atoms with Gasteiger partial charge < -0.3 is 15.3 Å². The van der Waals surface area contributed by atoms with Gasteiger partial charge in [-0.2, -0.15) is 0 Å². The fourth-order valence-corrected chi connectivity index (χ4v) is 2.85. The molecule has 3 nitrogen and oxygen atoms in total. The minimum atomic E-state index is 0.126. The topological polar surface area (TPSA) is 35.5 Å². The third-order valence-corrected chi connectivity index (χ3v) is 4.08. The zero-order valence-corrected chi connectivity index (χ0v) is 11.9. The van der Waals surface area contributed by atoms with Crippen molar-refractivity contribution in [3.8, 4) is 0 Å². The van der Waals surface area contributed by atoms with Crippen LogP contribution in [0.4, 0.5) is 0 Å². The third kappa shape index (κ3) is 4.60. The van der Waals surface area contributed by atoms with Gasteiger partial charge in [0.15, 0.2) is 0 Å². The highest BCUT2D eigenvalue weighted by atomic mass is 16.3. The minimum Gasteiger partial charge on any atom is -0.392 e. The first kappa shape index (κ1) is 14.5. The number of nitrogens with one attached hydrogen (secondary N) is 1. The third-order valence-electron chi connectivity index (χ3n) is 4.08. The molecular formula is C16H26N2O. The number of likely N-dealkylation sites (tertiary alicyclic amines) is 1. The van der Waals surface area contributed by atoms with Crippen LogP contribution < -0.4 is 5.32 Å². The molecule has 1 unspecified atom stereocenters. The molecule has 1 aromatic rings. The molecule has 1 atom stereocenters. The second-order valence-corrected chi connectivity index (χ2v) is 5.57. The van der Waals surface area contributed by atoms with E-state index in [1.807, 2.05) is 12.1 Å². The molecule has 0 saturated carbocycles. The van der Waals surface area contributed by atoms with Crippen molar-refractivity contribution in [2.45, 2.75) is 44.9 Å². The van der Waals surface area contributed by atoms with Gasteiger partial charge in [-0.05, 0) is 50.5 Å². The molecule has 106 valence electrons. The lowest BCUT2D eigenvalue weighted by Gasteiger charge is -2.32. The molecule has 0 bridgehead atoms. The number of aliphatic hydroxyl groups excluding tert-OH is 1. The minimum absolute atomic E-state index is 0.126. The van der Waals surface area contributed by atoms with Crippen molar-refractivity contribution in [1.82, 2.24) is 10.2 Å². The highest BCUT2D eigenvalue weighted by Crippen LogP contribution is 2.17. The van der Waals surface area contributed by atoms with E-state index in [1.165, 1.54) is 37.8 Å². The summed E-state index contributed by atoms with van der Waals surface area (Å²) in [5, 5.41) is 12.6. The lowest BCUT2D eigenvalue weighted by Crippen LogP contribution is -2.38. The quantitative estimate of drug-likeness (QED) is 0.771. The standard InChI is InChI=1S/C16H26N2O/c1-18-10-3-2-7-16(18)8-9-17-12-14-5-4-6-15(11-14)13-19/h4-6,11,16-17,19H,2-3,7-10,12-13H2,1H3. The van der Waals surface area contributed by atoms with Gasteiger partial charge in [-0.15, -0.1) is 0 Å². The summed E-state index contributed by atoms with van der Waals surface area (Å²) in [6, 6.07) is 8.90. The van der Waals surface area contributed by atoms with E-state index >= 15 is 0 Å². The van der Waals surface area contributed by atoms with E-state index in [2.05, 4.69) is 29.4 Å². The van der Waals surface area contributed by atoms with Crippen molar-refractivity contribution < 1.29 is 5.11 Å². The van der Waals surface area contributed by atoms with Crippen LogP contribution in [-0.4, -0.2) is 36.2 Å². The number of nitrogens with zero attached hydrogens (tertiary/aromatic N) is 1. The predicted molar refractivity (Wildman–Crippen MR) is 79.0 cm³/mol. The second kappa shape index (κ2) is 7.63. The molecule has 0 aromatic heterocycles. The molecule has 2 rings (SSSR count). The van der Waals surface area contributed by atoms with E-state index in [0.29, 0.717) is 0 Å². The Kier molecular flexibility index (Phi) is 5.83. The maximum Gasteiger partial charge on any atom is 0.0681 e. The maximum atomic E-state index is 9.11. The van der Waals surface area contributed by atoms with Crippen LogP contribution in [0.3, 0.4) is 0 Å². The van der Waals surface area contributed by atoms with Gasteiger partial charge in [-0.3, -0.25) is 0 Å². The van der Waals surface area contributed by atoms with Crippen LogP contribution in [-0.2, 0) is 13.2 Å². The second-order valence-electron chi connectivity index (χ2n) is 5.57. The van der Waals surface area contributed by atoms with Crippen LogP contribution in [0.1, 0.15) is 36.8 Å². The fraction of sp³-hybridized carbons (Fsp3) is 0.625. The summed E-state index contributed by atoms with van der Waals surface area (Å²) in [7, 11) is 2.24. The molecule has 0 radical (unpaired) electrons. The average molecular weight is 262 g/mol. The normalized spacial score (nSPS) is 20.6. The Bertz CT molecular complexity index is 381. The lowest BCUT2D eigenvalue weighted by molar-refractivity contribution is 0.175. The monoisotopic (exact) mass is 262 g/mol. The Morgan fingerprint density at radius 3 is 2.95 bits per heavy atom. The molecule has 19 heavy (non-hydrogen) atoms. The zero-order valence-electron chi connectivity index (χ0n) is 11.9. The van der Waals surface area contributed by atoms with Crippen molar-refractivity contribution in [1.29, 1.82) is 0 Å². The molecule has 0 amide bonds. The number of piperidine rings is 1. The van der Waals surface area contributed by atoms with Gasteiger partial charge in [0.05, 0.1) is 6.61 Å². The molecule has 1 fully saturated rings. The predicted octanol–water partition coefficient (Wildman–Crippen LogP) is 2.14. The van der Waals surface area contributed by atoms with E-state index in [0.717, 1.165) is 24.7 Å².